The molecular formula is C23H14Cl2FN5. The topological polar surface area (TPSA) is 55.1 Å². The Hall–Kier alpha value is -3.48. The second kappa shape index (κ2) is 7.98. The molecule has 3 heterocycles. The Labute approximate surface area is 187 Å². The zero-order valence-electron chi connectivity index (χ0n) is 15.9. The Balaban J connectivity index is 1.71. The zero-order valence-corrected chi connectivity index (χ0v) is 17.4. The van der Waals surface area contributed by atoms with Gasteiger partial charge in [0.1, 0.15) is 16.7 Å². The van der Waals surface area contributed by atoms with Gasteiger partial charge in [-0.3, -0.25) is 0 Å². The molecule has 0 aliphatic heterocycles. The van der Waals surface area contributed by atoms with Crippen molar-refractivity contribution in [3.05, 3.63) is 95.0 Å². The molecule has 5 rings (SSSR count). The minimum absolute atomic E-state index is 0.327. The quantitative estimate of drug-likeness (QED) is 0.312. The number of aromatic nitrogens is 4. The van der Waals surface area contributed by atoms with Crippen LogP contribution in [-0.4, -0.2) is 19.6 Å². The van der Waals surface area contributed by atoms with Gasteiger partial charge >= 0.3 is 0 Å². The normalized spacial score (nSPS) is 11.1. The molecule has 5 aromatic rings. The number of hydrogen-bond acceptors (Lipinski definition) is 4. The molecule has 0 amide bonds. The van der Waals surface area contributed by atoms with Crippen molar-refractivity contribution in [1.82, 2.24) is 19.6 Å². The smallest absolute Gasteiger partial charge is 0.227 e. The van der Waals surface area contributed by atoms with Gasteiger partial charge in [-0.05, 0) is 54.6 Å². The zero-order chi connectivity index (χ0) is 21.4. The molecule has 0 fully saturated rings. The molecule has 0 aliphatic rings. The first-order chi connectivity index (χ1) is 15.1. The van der Waals surface area contributed by atoms with Crippen molar-refractivity contribution < 1.29 is 4.39 Å². The second-order valence-electron chi connectivity index (χ2n) is 6.78. The number of para-hydroxylation sites is 1. The molecular weight excluding hydrogens is 436 g/mol. The van der Waals surface area contributed by atoms with E-state index < -0.39 is 0 Å². The van der Waals surface area contributed by atoms with E-state index in [2.05, 4.69) is 20.4 Å². The van der Waals surface area contributed by atoms with Crippen LogP contribution in [0.4, 0.5) is 16.0 Å². The molecule has 2 aromatic carbocycles. The lowest BCUT2D eigenvalue weighted by atomic mass is 10.0. The summed E-state index contributed by atoms with van der Waals surface area (Å²) in [5.41, 5.74) is 4.22. The van der Waals surface area contributed by atoms with E-state index in [0.29, 0.717) is 33.0 Å². The van der Waals surface area contributed by atoms with Gasteiger partial charge in [-0.1, -0.05) is 41.4 Å². The lowest BCUT2D eigenvalue weighted by Crippen LogP contribution is -1.98. The average Bonchev–Trinajstić information content (AvgIpc) is 3.15. The highest BCUT2D eigenvalue weighted by molar-refractivity contribution is 6.34. The van der Waals surface area contributed by atoms with Gasteiger partial charge in [-0.15, -0.1) is 0 Å². The minimum Gasteiger partial charge on any atom is -0.324 e. The first-order valence-corrected chi connectivity index (χ1v) is 10.1. The third-order valence-electron chi connectivity index (χ3n) is 4.71. The molecule has 31 heavy (non-hydrogen) atoms. The van der Waals surface area contributed by atoms with Crippen LogP contribution in [-0.2, 0) is 0 Å². The van der Waals surface area contributed by atoms with Crippen molar-refractivity contribution in [2.75, 3.05) is 5.32 Å². The number of benzene rings is 2. The van der Waals surface area contributed by atoms with Gasteiger partial charge in [0.2, 0.25) is 5.95 Å². The Kier molecular flexibility index (Phi) is 5.02. The molecule has 8 heteroatoms. The Morgan fingerprint density at radius 2 is 1.68 bits per heavy atom. The van der Waals surface area contributed by atoms with E-state index in [4.69, 9.17) is 23.2 Å². The third-order valence-corrected chi connectivity index (χ3v) is 5.20. The van der Waals surface area contributed by atoms with E-state index in [9.17, 15) is 4.39 Å². The summed E-state index contributed by atoms with van der Waals surface area (Å²) >= 11 is 12.7. The Morgan fingerprint density at radius 1 is 0.903 bits per heavy atom. The molecule has 152 valence electrons. The van der Waals surface area contributed by atoms with Crippen molar-refractivity contribution in [3.63, 3.8) is 0 Å². The third kappa shape index (κ3) is 3.83. The van der Waals surface area contributed by atoms with Crippen LogP contribution in [0.15, 0.2) is 79.0 Å². The fourth-order valence-corrected chi connectivity index (χ4v) is 3.85. The van der Waals surface area contributed by atoms with Crippen molar-refractivity contribution in [3.8, 4) is 22.5 Å². The minimum atomic E-state index is -0.327. The molecule has 1 N–H and O–H groups in total. The van der Waals surface area contributed by atoms with E-state index in [1.54, 1.807) is 41.0 Å². The maximum atomic E-state index is 13.5. The average molecular weight is 450 g/mol. The van der Waals surface area contributed by atoms with Crippen LogP contribution in [0, 0.1) is 5.82 Å². The molecule has 0 unspecified atom stereocenters. The van der Waals surface area contributed by atoms with Crippen LogP contribution in [0.25, 0.3) is 28.0 Å². The van der Waals surface area contributed by atoms with Gasteiger partial charge in [-0.2, -0.15) is 5.10 Å². The van der Waals surface area contributed by atoms with Crippen molar-refractivity contribution in [1.29, 1.82) is 0 Å². The SMILES string of the molecule is Fc1ccc(-c2nn3c(Cl)cc(Cl)cc3c2-c2ccnc(Nc3ccccc3)n2)cc1. The number of rotatable bonds is 4. The number of fused-ring (bicyclic) bond motifs is 1. The number of anilines is 2. The molecule has 0 bridgehead atoms. The molecule has 3 aromatic heterocycles. The maximum Gasteiger partial charge on any atom is 0.227 e. The summed E-state index contributed by atoms with van der Waals surface area (Å²) in [6.45, 7) is 0. The van der Waals surface area contributed by atoms with E-state index >= 15 is 0 Å². The highest BCUT2D eigenvalue weighted by Gasteiger charge is 2.20. The summed E-state index contributed by atoms with van der Waals surface area (Å²) in [4.78, 5) is 9.01. The summed E-state index contributed by atoms with van der Waals surface area (Å²) in [6.07, 6.45) is 1.66. The number of pyridine rings is 1. The largest absolute Gasteiger partial charge is 0.324 e. The lowest BCUT2D eigenvalue weighted by Gasteiger charge is -2.08. The fourth-order valence-electron chi connectivity index (χ4n) is 3.35. The maximum absolute atomic E-state index is 13.5. The summed E-state index contributed by atoms with van der Waals surface area (Å²) < 4.78 is 15.1. The fraction of sp³-hybridized carbons (Fsp3) is 0. The number of halogens is 3. The molecule has 0 aliphatic carbocycles. The summed E-state index contributed by atoms with van der Waals surface area (Å²) in [5, 5.41) is 8.69. The predicted molar refractivity (Wildman–Crippen MR) is 121 cm³/mol. The first-order valence-electron chi connectivity index (χ1n) is 9.38. The molecule has 0 spiro atoms. The standard InChI is InChI=1S/C23H14Cl2FN5/c24-15-12-19-21(18-10-11-27-23(29-18)28-17-4-2-1-3-5-17)22(30-31(19)20(25)13-15)14-6-8-16(26)9-7-14/h1-13H,(H,27,28,29). The van der Waals surface area contributed by atoms with Crippen LogP contribution >= 0.6 is 23.2 Å². The molecule has 0 atom stereocenters. The van der Waals surface area contributed by atoms with Gasteiger partial charge in [0.15, 0.2) is 0 Å². The first kappa shape index (κ1) is 19.5. The lowest BCUT2D eigenvalue weighted by molar-refractivity contribution is 0.628. The number of nitrogens with zero attached hydrogens (tertiary/aromatic N) is 4. The van der Waals surface area contributed by atoms with Crippen LogP contribution < -0.4 is 5.32 Å². The Bertz CT molecular complexity index is 1390. The predicted octanol–water partition coefficient (Wildman–Crippen LogP) is 6.65. The second-order valence-corrected chi connectivity index (χ2v) is 7.60. The van der Waals surface area contributed by atoms with Crippen LogP contribution in [0.2, 0.25) is 10.2 Å². The van der Waals surface area contributed by atoms with Crippen LogP contribution in [0.5, 0.6) is 0 Å². The molecule has 5 nitrogen and oxygen atoms in total. The number of hydrogen-bond donors (Lipinski definition) is 1. The van der Waals surface area contributed by atoms with Gasteiger partial charge in [0.05, 0.1) is 16.8 Å². The van der Waals surface area contributed by atoms with Gasteiger partial charge in [-0.25, -0.2) is 18.9 Å². The highest BCUT2D eigenvalue weighted by Crippen LogP contribution is 2.37. The van der Waals surface area contributed by atoms with Gasteiger partial charge in [0.25, 0.3) is 0 Å². The van der Waals surface area contributed by atoms with E-state index in [0.717, 1.165) is 16.8 Å². The number of nitrogens with one attached hydrogen (secondary N) is 1. The van der Waals surface area contributed by atoms with Crippen molar-refractivity contribution in [2.24, 2.45) is 0 Å². The van der Waals surface area contributed by atoms with Crippen molar-refractivity contribution >= 4 is 40.4 Å². The van der Waals surface area contributed by atoms with Crippen LogP contribution in [0.1, 0.15) is 0 Å². The van der Waals surface area contributed by atoms with Gasteiger partial charge < -0.3 is 5.32 Å². The van der Waals surface area contributed by atoms with E-state index in [1.165, 1.54) is 12.1 Å². The molecule has 0 saturated heterocycles. The summed E-state index contributed by atoms with van der Waals surface area (Å²) in [7, 11) is 0. The molecule has 0 saturated carbocycles. The summed E-state index contributed by atoms with van der Waals surface area (Å²) in [6, 6.07) is 20.9. The van der Waals surface area contributed by atoms with Crippen LogP contribution in [0.3, 0.4) is 0 Å². The van der Waals surface area contributed by atoms with E-state index in [1.807, 2.05) is 30.3 Å². The van der Waals surface area contributed by atoms with E-state index in [-0.39, 0.29) is 5.82 Å². The summed E-state index contributed by atoms with van der Waals surface area (Å²) in [5.74, 6) is 0.104. The van der Waals surface area contributed by atoms with Crippen molar-refractivity contribution in [2.45, 2.75) is 0 Å². The Morgan fingerprint density at radius 3 is 2.45 bits per heavy atom. The highest BCUT2D eigenvalue weighted by atomic mass is 35.5. The molecule has 0 radical (unpaired) electrons. The van der Waals surface area contributed by atoms with Gasteiger partial charge in [0, 0.05) is 22.5 Å². The monoisotopic (exact) mass is 449 g/mol.